The largest absolute Gasteiger partial charge is 0.480 e. The van der Waals surface area contributed by atoms with Gasteiger partial charge < -0.3 is 15.9 Å². The molecular weight excluding hydrogens is 99.0 g/mol. The van der Waals surface area contributed by atoms with Crippen molar-refractivity contribution in [1.29, 1.82) is 0 Å². The molecule has 4 nitrogen and oxygen atoms in total. The molecule has 4 heteroatoms. The van der Waals surface area contributed by atoms with E-state index >= 15 is 0 Å². The Kier molecular flexibility index (Phi) is 1.65. The topological polar surface area (TPSA) is 83.5 Å². The average molecular weight is 107 g/mol. The van der Waals surface area contributed by atoms with Gasteiger partial charge in [-0.25, -0.2) is 0 Å². The van der Waals surface area contributed by atoms with Crippen molar-refractivity contribution in [3.63, 3.8) is 0 Å². The van der Waals surface area contributed by atoms with Gasteiger partial charge >= 0.3 is 5.97 Å². The first-order valence-electron chi connectivity index (χ1n) is 2.14. The molecule has 1 atom stereocenters. The molecule has 0 bridgehead atoms. The quantitative estimate of drug-likeness (QED) is 0.371. The van der Waals surface area contributed by atoms with Crippen LogP contribution in [-0.4, -0.2) is 28.8 Å². The predicted octanol–water partition coefficient (Wildman–Crippen LogP) is -1.61. The summed E-state index contributed by atoms with van der Waals surface area (Å²) in [6.45, 7) is -0.873. The Bertz CT molecular complexity index is 103. The maximum Gasteiger partial charge on any atom is 0.322 e. The number of carboxylic acid groups (broad SMARTS) is 1. The van der Waals surface area contributed by atoms with Gasteiger partial charge in [0.1, 0.15) is 6.02 Å². The van der Waals surface area contributed by atoms with Gasteiger partial charge in [-0.15, -0.1) is 0 Å². The number of aliphatic hydroxyl groups excluding tert-OH is 1. The van der Waals surface area contributed by atoms with E-state index in [0.717, 1.165) is 0 Å². The van der Waals surface area contributed by atoms with E-state index < -0.39 is 18.6 Å². The molecule has 4 N–H and O–H groups in total. The second kappa shape index (κ2) is 2.54. The molecule has 0 aromatic heterocycles. The zero-order valence-electron chi connectivity index (χ0n) is 4.59. The van der Waals surface area contributed by atoms with E-state index in [4.69, 9.17) is 11.6 Å². The van der Waals surface area contributed by atoms with E-state index in [1.54, 1.807) is 0 Å². The summed E-state index contributed by atoms with van der Waals surface area (Å²) in [5.41, 5.74) is 4.68. The van der Waals surface area contributed by atoms with Crippen LogP contribution in [0.3, 0.4) is 0 Å². The lowest BCUT2D eigenvalue weighted by atomic mass is 10.7. The summed E-state index contributed by atoms with van der Waals surface area (Å²) < 4.78 is 6.56. The molecule has 0 rings (SSSR count). The maximum atomic E-state index is 9.78. The van der Waals surface area contributed by atoms with Gasteiger partial charge in [0.05, 0.1) is 7.98 Å². The average Bonchev–Trinajstić information content (AvgIpc) is 1.67. The molecule has 0 fully saturated rings. The van der Waals surface area contributed by atoms with Gasteiger partial charge in [-0.2, -0.15) is 0 Å². The van der Waals surface area contributed by atoms with E-state index in [1.165, 1.54) is 0 Å². The monoisotopic (exact) mass is 107 g/mol. The number of carbonyl (C=O) groups is 1. The minimum absolute atomic E-state index is 0.873. The van der Waals surface area contributed by atoms with Crippen LogP contribution >= 0.6 is 0 Å². The van der Waals surface area contributed by atoms with E-state index in [2.05, 4.69) is 5.73 Å². The first-order valence-corrected chi connectivity index (χ1v) is 1.64. The standard InChI is InChI=1S/C3H7NO3/c4-2(1-5)3(6)7/h2,5H,1,4H2,(H,6,7)/t2-/m0/s1/i2+1D. The molecule has 0 unspecified atom stereocenters. The first-order chi connectivity index (χ1) is 3.50. The first kappa shape index (κ1) is 4.55. The molecule has 0 saturated carbocycles. The van der Waals surface area contributed by atoms with Gasteiger partial charge in [0.25, 0.3) is 0 Å². The molecule has 0 spiro atoms. The zero-order valence-corrected chi connectivity index (χ0v) is 3.59. The Balaban J connectivity index is 3.91. The third kappa shape index (κ3) is 2.13. The molecule has 0 aliphatic rings. The molecule has 7 heavy (non-hydrogen) atoms. The third-order valence-corrected chi connectivity index (χ3v) is 0.445. The predicted molar refractivity (Wildman–Crippen MR) is 22.7 cm³/mol. The summed E-state index contributed by atoms with van der Waals surface area (Å²) in [5, 5.41) is 16.0. The van der Waals surface area contributed by atoms with E-state index in [1.807, 2.05) is 0 Å². The van der Waals surface area contributed by atoms with Crippen molar-refractivity contribution in [2.24, 2.45) is 5.73 Å². The Hall–Kier alpha value is -0.610. The van der Waals surface area contributed by atoms with Crippen molar-refractivity contribution in [2.75, 3.05) is 6.61 Å². The number of aliphatic hydroxyl groups is 1. The molecule has 42 valence electrons. The smallest absolute Gasteiger partial charge is 0.322 e. The lowest BCUT2D eigenvalue weighted by Gasteiger charge is -1.96. The second-order valence-corrected chi connectivity index (χ2v) is 0.989. The summed E-state index contributed by atoms with van der Waals surface area (Å²) in [6, 6.07) is -2.24. The Morgan fingerprint density at radius 1 is 2.14 bits per heavy atom. The number of hydrogen-bond donors (Lipinski definition) is 3. The van der Waals surface area contributed by atoms with Crippen LogP contribution in [0.4, 0.5) is 0 Å². The summed E-state index contributed by atoms with van der Waals surface area (Å²) in [5.74, 6) is -1.53. The van der Waals surface area contributed by atoms with Gasteiger partial charge in [-0.1, -0.05) is 0 Å². The van der Waals surface area contributed by atoms with Gasteiger partial charge in [-0.05, 0) is 0 Å². The molecular formula is C3H7NO3. The van der Waals surface area contributed by atoms with Gasteiger partial charge in [0.2, 0.25) is 0 Å². The van der Waals surface area contributed by atoms with Gasteiger partial charge in [0, 0.05) is 0 Å². The molecule has 0 aromatic rings. The fourth-order valence-corrected chi connectivity index (χ4v) is 0.0676. The van der Waals surface area contributed by atoms with Crippen LogP contribution in [0.25, 0.3) is 0 Å². The maximum absolute atomic E-state index is 9.78. The Labute approximate surface area is 42.0 Å². The van der Waals surface area contributed by atoms with E-state index in [9.17, 15) is 4.79 Å². The molecule has 0 radical (unpaired) electrons. The van der Waals surface area contributed by atoms with Crippen molar-refractivity contribution in [2.45, 2.75) is 6.02 Å². The van der Waals surface area contributed by atoms with Crippen LogP contribution in [0, 0.1) is 0 Å². The summed E-state index contributed by atoms with van der Waals surface area (Å²) in [6.07, 6.45) is 0. The van der Waals surface area contributed by atoms with Crippen LogP contribution in [0.2, 0.25) is 0 Å². The molecule has 0 aliphatic carbocycles. The minimum Gasteiger partial charge on any atom is -0.480 e. The normalized spacial score (nSPS) is 20.0. The molecule has 0 heterocycles. The summed E-state index contributed by atoms with van der Waals surface area (Å²) in [7, 11) is 0. The number of hydrogen-bond acceptors (Lipinski definition) is 3. The van der Waals surface area contributed by atoms with Crippen molar-refractivity contribution < 1.29 is 16.4 Å². The SMILES string of the molecule is [2H][13C@](N)(CO)C(=O)O. The highest BCUT2D eigenvalue weighted by Crippen LogP contribution is 1.71. The lowest BCUT2D eigenvalue weighted by Crippen LogP contribution is -2.33. The number of nitrogens with two attached hydrogens (primary N) is 1. The van der Waals surface area contributed by atoms with Gasteiger partial charge in [0.15, 0.2) is 0 Å². The van der Waals surface area contributed by atoms with Crippen LogP contribution in [0.1, 0.15) is 1.37 Å². The highest BCUT2D eigenvalue weighted by atomic mass is 16.4. The minimum atomic E-state index is -2.24. The van der Waals surface area contributed by atoms with Gasteiger partial charge in [-0.3, -0.25) is 4.79 Å². The zero-order chi connectivity index (χ0) is 6.78. The lowest BCUT2D eigenvalue weighted by molar-refractivity contribution is -0.139. The van der Waals surface area contributed by atoms with Crippen molar-refractivity contribution in [3.8, 4) is 0 Å². The number of carboxylic acids is 1. The van der Waals surface area contributed by atoms with Crippen molar-refractivity contribution >= 4 is 5.97 Å². The fraction of sp³-hybridized carbons (Fsp3) is 0.667. The fourth-order valence-electron chi connectivity index (χ4n) is 0.0676. The van der Waals surface area contributed by atoms with Crippen LogP contribution in [0.5, 0.6) is 0 Å². The molecule has 0 aromatic carbocycles. The van der Waals surface area contributed by atoms with Crippen LogP contribution < -0.4 is 5.73 Å². The highest BCUT2D eigenvalue weighted by Gasteiger charge is 2.06. The number of aliphatic carboxylic acids is 1. The third-order valence-electron chi connectivity index (χ3n) is 0.445. The molecule has 0 amide bonds. The van der Waals surface area contributed by atoms with Crippen LogP contribution in [0.15, 0.2) is 0 Å². The van der Waals surface area contributed by atoms with E-state index in [-0.39, 0.29) is 0 Å². The second-order valence-electron chi connectivity index (χ2n) is 0.989. The molecule has 0 saturated heterocycles. The van der Waals surface area contributed by atoms with Crippen LogP contribution in [-0.2, 0) is 4.79 Å². The Morgan fingerprint density at radius 3 is 2.57 bits per heavy atom. The summed E-state index contributed by atoms with van der Waals surface area (Å²) >= 11 is 0. The summed E-state index contributed by atoms with van der Waals surface area (Å²) in [4.78, 5) is 9.78. The van der Waals surface area contributed by atoms with E-state index in [0.29, 0.717) is 0 Å². The number of rotatable bonds is 2. The Morgan fingerprint density at radius 2 is 2.57 bits per heavy atom. The molecule has 0 aliphatic heterocycles. The van der Waals surface area contributed by atoms with Crippen molar-refractivity contribution in [1.82, 2.24) is 0 Å². The van der Waals surface area contributed by atoms with Crippen molar-refractivity contribution in [3.05, 3.63) is 0 Å². The highest BCUT2D eigenvalue weighted by molar-refractivity contribution is 5.73.